The Morgan fingerprint density at radius 2 is 2.00 bits per heavy atom. The number of amides is 2. The summed E-state index contributed by atoms with van der Waals surface area (Å²) in [6.45, 7) is 2.05. The number of hydrogen-bond donors (Lipinski definition) is 1. The lowest BCUT2D eigenvalue weighted by molar-refractivity contribution is -0.130. The SMILES string of the molecule is CN(C)C(=O)CN1Cc2cc(OCCCC(=O)N(C)CC3CC3)ccc2N=C1N. The Balaban J connectivity index is 1.49. The van der Waals surface area contributed by atoms with E-state index < -0.39 is 0 Å². The van der Waals surface area contributed by atoms with Crippen LogP contribution in [0.4, 0.5) is 5.69 Å². The van der Waals surface area contributed by atoms with Gasteiger partial charge in [0.25, 0.3) is 0 Å². The van der Waals surface area contributed by atoms with E-state index in [1.165, 1.54) is 17.7 Å². The first kappa shape index (κ1) is 21.0. The minimum atomic E-state index is -0.0321. The lowest BCUT2D eigenvalue weighted by Gasteiger charge is -2.28. The number of hydrogen-bond acceptors (Lipinski definition) is 6. The zero-order valence-electron chi connectivity index (χ0n) is 17.6. The largest absolute Gasteiger partial charge is 0.494 e. The number of nitrogens with zero attached hydrogens (tertiary/aromatic N) is 4. The van der Waals surface area contributed by atoms with Crippen LogP contribution in [0.15, 0.2) is 23.2 Å². The molecule has 3 rings (SSSR count). The Morgan fingerprint density at radius 1 is 1.24 bits per heavy atom. The zero-order valence-corrected chi connectivity index (χ0v) is 17.6. The van der Waals surface area contributed by atoms with Crippen molar-refractivity contribution in [1.29, 1.82) is 0 Å². The van der Waals surface area contributed by atoms with Crippen LogP contribution in [0.5, 0.6) is 5.75 Å². The smallest absolute Gasteiger partial charge is 0.241 e. The van der Waals surface area contributed by atoms with Crippen molar-refractivity contribution < 1.29 is 14.3 Å². The van der Waals surface area contributed by atoms with Gasteiger partial charge in [-0.25, -0.2) is 4.99 Å². The molecular formula is C21H31N5O3. The maximum Gasteiger partial charge on any atom is 0.241 e. The van der Waals surface area contributed by atoms with Gasteiger partial charge in [0.2, 0.25) is 11.8 Å². The first-order valence-electron chi connectivity index (χ1n) is 10.1. The molecule has 2 N–H and O–H groups in total. The number of aliphatic imine (C=N–C) groups is 1. The number of rotatable bonds is 9. The molecule has 1 heterocycles. The van der Waals surface area contributed by atoms with E-state index in [-0.39, 0.29) is 18.4 Å². The summed E-state index contributed by atoms with van der Waals surface area (Å²) >= 11 is 0. The minimum absolute atomic E-state index is 0.0321. The van der Waals surface area contributed by atoms with Crippen molar-refractivity contribution in [2.75, 3.05) is 40.8 Å². The topological polar surface area (TPSA) is 91.5 Å². The van der Waals surface area contributed by atoms with E-state index in [2.05, 4.69) is 4.99 Å². The highest BCUT2D eigenvalue weighted by Gasteiger charge is 2.24. The van der Waals surface area contributed by atoms with Crippen molar-refractivity contribution >= 4 is 23.5 Å². The molecule has 1 aromatic rings. The van der Waals surface area contributed by atoms with Crippen LogP contribution in [0, 0.1) is 5.92 Å². The fourth-order valence-electron chi connectivity index (χ4n) is 3.20. The fraction of sp³-hybridized carbons (Fsp3) is 0.571. The molecule has 158 valence electrons. The van der Waals surface area contributed by atoms with E-state index in [4.69, 9.17) is 10.5 Å². The molecule has 8 heteroatoms. The maximum atomic E-state index is 12.1. The zero-order chi connectivity index (χ0) is 21.0. The molecule has 0 bridgehead atoms. The molecule has 0 atom stereocenters. The van der Waals surface area contributed by atoms with Crippen LogP contribution in [0.25, 0.3) is 0 Å². The van der Waals surface area contributed by atoms with Gasteiger partial charge < -0.3 is 25.2 Å². The number of guanidine groups is 1. The number of fused-ring (bicyclic) bond motifs is 1. The van der Waals surface area contributed by atoms with Gasteiger partial charge in [-0.05, 0) is 43.4 Å². The highest BCUT2D eigenvalue weighted by Crippen LogP contribution is 2.30. The van der Waals surface area contributed by atoms with Crippen LogP contribution >= 0.6 is 0 Å². The average molecular weight is 402 g/mol. The normalized spacial score (nSPS) is 15.4. The van der Waals surface area contributed by atoms with Gasteiger partial charge in [0.05, 0.1) is 12.3 Å². The molecule has 1 saturated carbocycles. The fourth-order valence-corrected chi connectivity index (χ4v) is 3.20. The summed E-state index contributed by atoms with van der Waals surface area (Å²) in [6, 6.07) is 5.66. The van der Waals surface area contributed by atoms with Crippen molar-refractivity contribution in [2.45, 2.75) is 32.2 Å². The lowest BCUT2D eigenvalue weighted by Crippen LogP contribution is -2.44. The predicted octanol–water partition coefficient (Wildman–Crippen LogP) is 1.56. The third kappa shape index (κ3) is 5.85. The molecule has 1 fully saturated rings. The second-order valence-electron chi connectivity index (χ2n) is 8.07. The van der Waals surface area contributed by atoms with E-state index in [1.54, 1.807) is 19.0 Å². The van der Waals surface area contributed by atoms with Crippen molar-refractivity contribution in [2.24, 2.45) is 16.6 Å². The molecule has 0 spiro atoms. The quantitative estimate of drug-likeness (QED) is 0.634. The maximum absolute atomic E-state index is 12.1. The van der Waals surface area contributed by atoms with Crippen LogP contribution in [0.1, 0.15) is 31.2 Å². The molecule has 8 nitrogen and oxygen atoms in total. The van der Waals surface area contributed by atoms with Crippen molar-refractivity contribution in [3.8, 4) is 5.75 Å². The summed E-state index contributed by atoms with van der Waals surface area (Å²) in [6.07, 6.45) is 3.67. The van der Waals surface area contributed by atoms with Crippen molar-refractivity contribution in [3.63, 3.8) is 0 Å². The molecule has 0 unspecified atom stereocenters. The van der Waals surface area contributed by atoms with Crippen LogP contribution in [0.2, 0.25) is 0 Å². The molecular weight excluding hydrogens is 370 g/mol. The third-order valence-electron chi connectivity index (χ3n) is 5.25. The van der Waals surface area contributed by atoms with Gasteiger partial charge in [-0.1, -0.05) is 0 Å². The predicted molar refractivity (Wildman–Crippen MR) is 112 cm³/mol. The van der Waals surface area contributed by atoms with Crippen LogP contribution in [-0.4, -0.2) is 73.3 Å². The summed E-state index contributed by atoms with van der Waals surface area (Å²) in [4.78, 5) is 33.6. The summed E-state index contributed by atoms with van der Waals surface area (Å²) < 4.78 is 5.83. The Morgan fingerprint density at radius 3 is 2.69 bits per heavy atom. The van der Waals surface area contributed by atoms with Gasteiger partial charge >= 0.3 is 0 Å². The lowest BCUT2D eigenvalue weighted by atomic mass is 10.1. The molecule has 2 amide bonds. The first-order chi connectivity index (χ1) is 13.8. The molecule has 0 saturated heterocycles. The molecule has 29 heavy (non-hydrogen) atoms. The monoisotopic (exact) mass is 401 g/mol. The van der Waals surface area contributed by atoms with Gasteiger partial charge in [-0.3, -0.25) is 9.59 Å². The summed E-state index contributed by atoms with van der Waals surface area (Å²) in [5.74, 6) is 1.93. The number of carbonyl (C=O) groups is 2. The first-order valence-corrected chi connectivity index (χ1v) is 10.1. The van der Waals surface area contributed by atoms with Crippen LogP contribution in [-0.2, 0) is 16.1 Å². The highest BCUT2D eigenvalue weighted by atomic mass is 16.5. The average Bonchev–Trinajstić information content (AvgIpc) is 3.49. The van der Waals surface area contributed by atoms with E-state index in [0.717, 1.165) is 23.5 Å². The number of benzene rings is 1. The summed E-state index contributed by atoms with van der Waals surface area (Å²) in [7, 11) is 5.31. The molecule has 0 radical (unpaired) electrons. The van der Waals surface area contributed by atoms with Gasteiger partial charge in [0, 0.05) is 46.2 Å². The standard InChI is InChI=1S/C21H31N5O3/c1-24(2)20(28)14-26-13-16-11-17(8-9-18(16)23-21(26)22)29-10-4-5-19(27)25(3)12-15-6-7-15/h8-9,11,15H,4-7,10,12-14H2,1-3H3,(H2,22,23). The third-order valence-corrected chi connectivity index (χ3v) is 5.25. The second kappa shape index (κ2) is 9.15. The number of ether oxygens (including phenoxy) is 1. The van der Waals surface area contributed by atoms with Gasteiger partial charge in [-0.2, -0.15) is 0 Å². The molecule has 1 aromatic carbocycles. The van der Waals surface area contributed by atoms with Gasteiger partial charge in [0.1, 0.15) is 12.3 Å². The Hall–Kier alpha value is -2.77. The number of nitrogens with two attached hydrogens (primary N) is 1. The van der Waals surface area contributed by atoms with E-state index in [1.807, 2.05) is 30.1 Å². The van der Waals surface area contributed by atoms with E-state index in [9.17, 15) is 9.59 Å². The van der Waals surface area contributed by atoms with E-state index >= 15 is 0 Å². The van der Waals surface area contributed by atoms with Gasteiger partial charge in [0.15, 0.2) is 5.96 Å². The van der Waals surface area contributed by atoms with E-state index in [0.29, 0.717) is 37.9 Å². The summed E-state index contributed by atoms with van der Waals surface area (Å²) in [5, 5.41) is 0. The number of carbonyl (C=O) groups excluding carboxylic acids is 2. The summed E-state index contributed by atoms with van der Waals surface area (Å²) in [5.41, 5.74) is 7.76. The highest BCUT2D eigenvalue weighted by molar-refractivity contribution is 5.88. The Labute approximate surface area is 172 Å². The number of likely N-dealkylation sites (N-methyl/N-ethyl adjacent to an activating group) is 1. The van der Waals surface area contributed by atoms with Gasteiger partial charge in [-0.15, -0.1) is 0 Å². The Kier molecular flexibility index (Phi) is 6.61. The van der Waals surface area contributed by atoms with Crippen LogP contribution < -0.4 is 10.5 Å². The molecule has 1 aliphatic carbocycles. The molecule has 1 aliphatic heterocycles. The molecule has 0 aromatic heterocycles. The van der Waals surface area contributed by atoms with Crippen molar-refractivity contribution in [1.82, 2.24) is 14.7 Å². The Bertz CT molecular complexity index is 789. The van der Waals surface area contributed by atoms with Crippen molar-refractivity contribution in [3.05, 3.63) is 23.8 Å². The second-order valence-corrected chi connectivity index (χ2v) is 8.07. The minimum Gasteiger partial charge on any atom is -0.494 e. The molecule has 2 aliphatic rings. The van der Waals surface area contributed by atoms with Crippen LogP contribution in [0.3, 0.4) is 0 Å².